The molecule has 0 heterocycles. The Morgan fingerprint density at radius 2 is 1.60 bits per heavy atom. The number of ether oxygens (including phenoxy) is 1. The van der Waals surface area contributed by atoms with E-state index in [0.29, 0.717) is 24.1 Å². The third-order valence-corrected chi connectivity index (χ3v) is 7.44. The monoisotopic (exact) mass is 585 g/mol. The Bertz CT molecular complexity index is 1450. The first-order valence-corrected chi connectivity index (χ1v) is 15.0. The molecule has 0 saturated carbocycles. The Hall–Kier alpha value is -4.13. The van der Waals surface area contributed by atoms with Gasteiger partial charge in [-0.15, -0.1) is 0 Å². The summed E-state index contributed by atoms with van der Waals surface area (Å²) in [6, 6.07) is 19.3. The second-order valence-corrected chi connectivity index (χ2v) is 13.0. The van der Waals surface area contributed by atoms with Crippen LogP contribution in [0.15, 0.2) is 73.3 Å². The molecule has 3 aromatic rings. The summed E-state index contributed by atoms with van der Waals surface area (Å²) in [4.78, 5) is 43.6. The maximum absolute atomic E-state index is 14.6. The number of rotatable bonds is 11. The van der Waals surface area contributed by atoms with E-state index in [-0.39, 0.29) is 17.7 Å². The van der Waals surface area contributed by atoms with Crippen LogP contribution >= 0.6 is 0 Å². The number of fused-ring (bicyclic) bond motifs is 1. The molecule has 0 bridgehead atoms. The van der Waals surface area contributed by atoms with Gasteiger partial charge in [0.15, 0.2) is 0 Å². The highest BCUT2D eigenvalue weighted by molar-refractivity contribution is 6.00. The molecule has 0 radical (unpaired) electrons. The first kappa shape index (κ1) is 33.4. The molecule has 7 nitrogen and oxygen atoms in total. The quantitative estimate of drug-likeness (QED) is 0.238. The van der Waals surface area contributed by atoms with Gasteiger partial charge in [-0.1, -0.05) is 82.0 Å². The average Bonchev–Trinajstić information content (AvgIpc) is 2.93. The lowest BCUT2D eigenvalue weighted by molar-refractivity contribution is -0.148. The van der Waals surface area contributed by atoms with Gasteiger partial charge in [0.05, 0.1) is 0 Å². The number of anilines is 1. The van der Waals surface area contributed by atoms with Gasteiger partial charge in [0.25, 0.3) is 5.91 Å². The zero-order valence-electron chi connectivity index (χ0n) is 26.9. The van der Waals surface area contributed by atoms with Crippen LogP contribution in [0.5, 0.6) is 0 Å². The minimum atomic E-state index is -0.996. The highest BCUT2D eigenvalue weighted by atomic mass is 16.6. The third kappa shape index (κ3) is 8.93. The smallest absolute Gasteiger partial charge is 0.408 e. The summed E-state index contributed by atoms with van der Waals surface area (Å²) in [7, 11) is 0. The van der Waals surface area contributed by atoms with E-state index in [9.17, 15) is 14.4 Å². The van der Waals surface area contributed by atoms with Crippen molar-refractivity contribution in [2.24, 2.45) is 5.92 Å². The Morgan fingerprint density at radius 1 is 0.930 bits per heavy atom. The number of hydrogen-bond donors (Lipinski definition) is 2. The molecule has 0 spiro atoms. The summed E-state index contributed by atoms with van der Waals surface area (Å²) in [6.07, 6.45) is 1.98. The average molecular weight is 586 g/mol. The van der Waals surface area contributed by atoms with Gasteiger partial charge in [-0.25, -0.2) is 4.79 Å². The fourth-order valence-corrected chi connectivity index (χ4v) is 5.01. The Labute approximate surface area is 256 Å². The van der Waals surface area contributed by atoms with E-state index in [1.165, 1.54) is 0 Å². The van der Waals surface area contributed by atoms with Gasteiger partial charge >= 0.3 is 6.09 Å². The number of nitrogens with one attached hydrogen (secondary N) is 2. The van der Waals surface area contributed by atoms with Crippen molar-refractivity contribution in [2.45, 2.75) is 91.5 Å². The fraction of sp³-hybridized carbons (Fsp3) is 0.417. The number of hydrogen-bond acceptors (Lipinski definition) is 4. The Kier molecular flexibility index (Phi) is 10.8. The minimum absolute atomic E-state index is 0.0874. The lowest BCUT2D eigenvalue weighted by atomic mass is 9.90. The van der Waals surface area contributed by atoms with E-state index in [1.807, 2.05) is 101 Å². The molecule has 3 rings (SSSR count). The second-order valence-electron chi connectivity index (χ2n) is 13.0. The molecule has 3 amide bonds. The molecular formula is C36H47N3O4. The molecule has 0 saturated heterocycles. The minimum Gasteiger partial charge on any atom is -0.444 e. The molecular weight excluding hydrogens is 538 g/mol. The zero-order chi connectivity index (χ0) is 31.9. The van der Waals surface area contributed by atoms with Crippen LogP contribution in [0.2, 0.25) is 0 Å². The molecule has 0 fully saturated rings. The molecule has 3 aromatic carbocycles. The molecule has 43 heavy (non-hydrogen) atoms. The van der Waals surface area contributed by atoms with Gasteiger partial charge in [-0.3, -0.25) is 9.59 Å². The number of alkyl carbamates (subject to hydrolysis) is 1. The van der Waals surface area contributed by atoms with Crippen molar-refractivity contribution in [1.82, 2.24) is 10.2 Å². The van der Waals surface area contributed by atoms with E-state index in [1.54, 1.807) is 31.7 Å². The molecule has 0 aromatic heterocycles. The van der Waals surface area contributed by atoms with E-state index in [4.69, 9.17) is 4.74 Å². The van der Waals surface area contributed by atoms with Crippen LogP contribution in [-0.2, 0) is 14.3 Å². The van der Waals surface area contributed by atoms with E-state index >= 15 is 0 Å². The van der Waals surface area contributed by atoms with Crippen LogP contribution in [0.1, 0.15) is 85.4 Å². The zero-order valence-corrected chi connectivity index (χ0v) is 26.9. The largest absolute Gasteiger partial charge is 0.444 e. The first-order chi connectivity index (χ1) is 20.1. The van der Waals surface area contributed by atoms with Crippen LogP contribution in [0.3, 0.4) is 0 Å². The topological polar surface area (TPSA) is 87.7 Å². The van der Waals surface area contributed by atoms with Crippen LogP contribution in [0.25, 0.3) is 16.8 Å². The molecule has 0 aliphatic rings. The van der Waals surface area contributed by atoms with Gasteiger partial charge in [-0.05, 0) is 93.5 Å². The number of carbonyl (C=O) groups is 3. The number of carbonyl (C=O) groups excluding carboxylic acids is 3. The van der Waals surface area contributed by atoms with Gasteiger partial charge in [0.2, 0.25) is 5.91 Å². The highest BCUT2D eigenvalue weighted by Gasteiger charge is 2.43. The van der Waals surface area contributed by atoms with Crippen molar-refractivity contribution in [2.75, 3.05) is 5.32 Å². The first-order valence-electron chi connectivity index (χ1n) is 15.0. The van der Waals surface area contributed by atoms with Crippen LogP contribution in [0, 0.1) is 5.92 Å². The summed E-state index contributed by atoms with van der Waals surface area (Å²) in [5.41, 5.74) is 0.614. The maximum atomic E-state index is 14.6. The standard InChI is InChI=1S/C36H47N3O4/c1-10-25-15-14-18-28(22-25)31(32(40)37-29-20-19-26-16-12-13-17-27(26)23-29)39(36(8,9)11-2)33(41)30(21-24(3)4)38-34(42)43-35(5,6)7/h10,12-20,22-24,30-31H,1,11,21H2,2-9H3,(H,37,40)(H,38,42). The normalized spacial score (nSPS) is 13.2. The predicted octanol–water partition coefficient (Wildman–Crippen LogP) is 8.12. The van der Waals surface area contributed by atoms with Crippen molar-refractivity contribution in [3.05, 3.63) is 84.4 Å². The highest BCUT2D eigenvalue weighted by Crippen LogP contribution is 2.34. The van der Waals surface area contributed by atoms with Crippen molar-refractivity contribution in [1.29, 1.82) is 0 Å². The van der Waals surface area contributed by atoms with Crippen molar-refractivity contribution in [3.63, 3.8) is 0 Å². The van der Waals surface area contributed by atoms with Crippen LogP contribution in [-0.4, -0.2) is 40.0 Å². The molecule has 2 N–H and O–H groups in total. The van der Waals surface area contributed by atoms with Crippen LogP contribution in [0.4, 0.5) is 10.5 Å². The summed E-state index contributed by atoms with van der Waals surface area (Å²) in [5, 5.41) is 7.95. The summed E-state index contributed by atoms with van der Waals surface area (Å²) in [6.45, 7) is 19.1. The predicted molar refractivity (Wildman–Crippen MR) is 176 cm³/mol. The maximum Gasteiger partial charge on any atom is 0.408 e. The summed E-state index contributed by atoms with van der Waals surface area (Å²) in [5.74, 6) is -0.620. The molecule has 7 heteroatoms. The lowest BCUT2D eigenvalue weighted by Crippen LogP contribution is -2.59. The molecule has 2 unspecified atom stereocenters. The second kappa shape index (κ2) is 13.9. The molecule has 230 valence electrons. The third-order valence-electron chi connectivity index (χ3n) is 7.44. The van der Waals surface area contributed by atoms with Gasteiger partial charge in [0.1, 0.15) is 17.7 Å². The van der Waals surface area contributed by atoms with Crippen molar-refractivity contribution >= 4 is 40.4 Å². The number of amides is 3. The SMILES string of the molecule is C=Cc1cccc(C(C(=O)Nc2ccc3ccccc3c2)N(C(=O)C(CC(C)C)NC(=O)OC(C)(C)C)C(C)(C)CC)c1. The molecule has 2 atom stereocenters. The summed E-state index contributed by atoms with van der Waals surface area (Å²) < 4.78 is 5.52. The fourth-order valence-electron chi connectivity index (χ4n) is 5.01. The lowest BCUT2D eigenvalue weighted by Gasteiger charge is -2.45. The van der Waals surface area contributed by atoms with Gasteiger partial charge in [-0.2, -0.15) is 0 Å². The van der Waals surface area contributed by atoms with Gasteiger partial charge < -0.3 is 20.3 Å². The van der Waals surface area contributed by atoms with E-state index in [0.717, 1.165) is 16.3 Å². The Balaban J connectivity index is 2.13. The summed E-state index contributed by atoms with van der Waals surface area (Å²) >= 11 is 0. The van der Waals surface area contributed by atoms with Crippen molar-refractivity contribution < 1.29 is 19.1 Å². The van der Waals surface area contributed by atoms with Gasteiger partial charge in [0, 0.05) is 11.2 Å². The van der Waals surface area contributed by atoms with E-state index in [2.05, 4.69) is 17.2 Å². The Morgan fingerprint density at radius 3 is 2.21 bits per heavy atom. The van der Waals surface area contributed by atoms with E-state index < -0.39 is 29.3 Å². The number of benzene rings is 3. The molecule has 0 aliphatic carbocycles. The van der Waals surface area contributed by atoms with Crippen molar-refractivity contribution in [3.8, 4) is 0 Å². The molecule has 0 aliphatic heterocycles. The number of nitrogens with zero attached hydrogens (tertiary/aromatic N) is 1. The van der Waals surface area contributed by atoms with Crippen LogP contribution < -0.4 is 10.6 Å².